The first-order valence-corrected chi connectivity index (χ1v) is 5.40. The highest BCUT2D eigenvalue weighted by Crippen LogP contribution is 2.15. The second-order valence-electron chi connectivity index (χ2n) is 4.12. The molecule has 1 saturated heterocycles. The van der Waals surface area contributed by atoms with Gasteiger partial charge in [0.1, 0.15) is 5.82 Å². The maximum Gasteiger partial charge on any atom is 0.316 e. The first-order valence-electron chi connectivity index (χ1n) is 5.40. The van der Waals surface area contributed by atoms with E-state index in [0.717, 1.165) is 5.56 Å². The van der Waals surface area contributed by atoms with Crippen LogP contribution in [-0.2, 0) is 16.1 Å². The Hall–Kier alpha value is -2.24. The fourth-order valence-electron chi connectivity index (χ4n) is 1.74. The summed E-state index contributed by atoms with van der Waals surface area (Å²) < 4.78 is 13.4. The molecule has 5 nitrogen and oxygen atoms in total. The van der Waals surface area contributed by atoms with Crippen LogP contribution in [0.25, 0.3) is 0 Å². The van der Waals surface area contributed by atoms with Crippen LogP contribution in [0.4, 0.5) is 4.39 Å². The van der Waals surface area contributed by atoms with E-state index < -0.39 is 11.8 Å². The molecule has 0 aromatic heterocycles. The second kappa shape index (κ2) is 4.56. The number of nitrogens with zero attached hydrogens (tertiary/aromatic N) is 1. The van der Waals surface area contributed by atoms with Crippen LogP contribution < -0.4 is 10.6 Å². The SMILES string of the molecule is Cc1cc(CN=C2NC(=O)C(=O)N2)cc(C)c1F. The lowest BCUT2D eigenvalue weighted by Gasteiger charge is -2.05. The quantitative estimate of drug-likeness (QED) is 0.751. The van der Waals surface area contributed by atoms with Gasteiger partial charge in [-0.25, -0.2) is 9.38 Å². The number of carbonyl (C=O) groups excluding carboxylic acids is 2. The van der Waals surface area contributed by atoms with Gasteiger partial charge in [-0.05, 0) is 30.5 Å². The van der Waals surface area contributed by atoms with Gasteiger partial charge in [0.2, 0.25) is 5.96 Å². The number of guanidine groups is 1. The van der Waals surface area contributed by atoms with Crippen molar-refractivity contribution in [3.8, 4) is 0 Å². The number of benzene rings is 1. The van der Waals surface area contributed by atoms with Gasteiger partial charge >= 0.3 is 11.8 Å². The molecule has 1 heterocycles. The first-order chi connectivity index (χ1) is 8.47. The van der Waals surface area contributed by atoms with E-state index >= 15 is 0 Å². The number of amides is 2. The van der Waals surface area contributed by atoms with Crippen LogP contribution in [0.15, 0.2) is 17.1 Å². The molecule has 0 radical (unpaired) electrons. The summed E-state index contributed by atoms with van der Waals surface area (Å²) in [7, 11) is 0. The third-order valence-electron chi connectivity index (χ3n) is 2.59. The molecule has 0 aliphatic carbocycles. The molecule has 0 saturated carbocycles. The minimum Gasteiger partial charge on any atom is -0.288 e. The summed E-state index contributed by atoms with van der Waals surface area (Å²) >= 11 is 0. The van der Waals surface area contributed by atoms with Gasteiger partial charge in [-0.1, -0.05) is 12.1 Å². The smallest absolute Gasteiger partial charge is 0.288 e. The van der Waals surface area contributed by atoms with Crippen LogP contribution in [0, 0.1) is 19.7 Å². The number of rotatable bonds is 2. The molecule has 2 amide bonds. The van der Waals surface area contributed by atoms with Crippen molar-refractivity contribution in [2.24, 2.45) is 4.99 Å². The summed E-state index contributed by atoms with van der Waals surface area (Å²) in [5, 5.41) is 4.58. The molecular formula is C12H12FN3O2. The number of hydrogen-bond acceptors (Lipinski definition) is 3. The number of hydrogen-bond donors (Lipinski definition) is 2. The van der Waals surface area contributed by atoms with Gasteiger partial charge in [-0.15, -0.1) is 0 Å². The zero-order valence-corrected chi connectivity index (χ0v) is 10.0. The first kappa shape index (κ1) is 12.2. The Balaban J connectivity index is 2.14. The van der Waals surface area contributed by atoms with Gasteiger partial charge in [0, 0.05) is 0 Å². The average Bonchev–Trinajstić information content (AvgIpc) is 2.63. The number of aryl methyl sites for hydroxylation is 2. The van der Waals surface area contributed by atoms with Crippen molar-refractivity contribution in [3.05, 3.63) is 34.6 Å². The van der Waals surface area contributed by atoms with E-state index in [1.807, 2.05) is 0 Å². The van der Waals surface area contributed by atoms with Gasteiger partial charge < -0.3 is 0 Å². The largest absolute Gasteiger partial charge is 0.316 e. The fourth-order valence-corrected chi connectivity index (χ4v) is 1.74. The highest BCUT2D eigenvalue weighted by Gasteiger charge is 2.24. The van der Waals surface area contributed by atoms with E-state index in [1.54, 1.807) is 26.0 Å². The molecule has 2 rings (SSSR count). The molecule has 0 bridgehead atoms. The summed E-state index contributed by atoms with van der Waals surface area (Å²) in [6.07, 6.45) is 0. The van der Waals surface area contributed by atoms with Crippen molar-refractivity contribution in [1.29, 1.82) is 0 Å². The number of carbonyl (C=O) groups is 2. The summed E-state index contributed by atoms with van der Waals surface area (Å²) in [4.78, 5) is 25.8. The molecule has 0 atom stereocenters. The molecule has 18 heavy (non-hydrogen) atoms. The Kier molecular flexibility index (Phi) is 3.10. The molecule has 1 aromatic carbocycles. The van der Waals surface area contributed by atoms with Crippen molar-refractivity contribution in [3.63, 3.8) is 0 Å². The average molecular weight is 249 g/mol. The van der Waals surface area contributed by atoms with Crippen LogP contribution in [0.1, 0.15) is 16.7 Å². The lowest BCUT2D eigenvalue weighted by atomic mass is 10.1. The van der Waals surface area contributed by atoms with Crippen LogP contribution in [0.5, 0.6) is 0 Å². The second-order valence-corrected chi connectivity index (χ2v) is 4.12. The van der Waals surface area contributed by atoms with Gasteiger partial charge in [0.05, 0.1) is 6.54 Å². The van der Waals surface area contributed by atoms with Crippen LogP contribution >= 0.6 is 0 Å². The molecule has 94 valence electrons. The highest BCUT2D eigenvalue weighted by atomic mass is 19.1. The van der Waals surface area contributed by atoms with Crippen LogP contribution in [0.3, 0.4) is 0 Å². The highest BCUT2D eigenvalue weighted by molar-refractivity contribution is 6.45. The monoisotopic (exact) mass is 249 g/mol. The molecular weight excluding hydrogens is 237 g/mol. The lowest BCUT2D eigenvalue weighted by molar-refractivity contribution is -0.135. The van der Waals surface area contributed by atoms with E-state index in [0.29, 0.717) is 11.1 Å². The Morgan fingerprint density at radius 2 is 1.61 bits per heavy atom. The van der Waals surface area contributed by atoms with E-state index in [2.05, 4.69) is 15.6 Å². The van der Waals surface area contributed by atoms with Gasteiger partial charge in [0.15, 0.2) is 0 Å². The topological polar surface area (TPSA) is 70.6 Å². The van der Waals surface area contributed by atoms with E-state index in [-0.39, 0.29) is 18.3 Å². The fraction of sp³-hybridized carbons (Fsp3) is 0.250. The number of halogens is 1. The number of nitrogens with one attached hydrogen (secondary N) is 2. The molecule has 1 aliphatic rings. The zero-order valence-electron chi connectivity index (χ0n) is 10.0. The Labute approximate surface area is 103 Å². The third kappa shape index (κ3) is 2.37. The van der Waals surface area contributed by atoms with Crippen LogP contribution in [0.2, 0.25) is 0 Å². The normalized spacial score (nSPS) is 14.5. The molecule has 1 aromatic rings. The molecule has 6 heteroatoms. The van der Waals surface area contributed by atoms with E-state index in [9.17, 15) is 14.0 Å². The van der Waals surface area contributed by atoms with Crippen molar-refractivity contribution < 1.29 is 14.0 Å². The molecule has 1 fully saturated rings. The van der Waals surface area contributed by atoms with Crippen LogP contribution in [-0.4, -0.2) is 17.8 Å². The van der Waals surface area contributed by atoms with Gasteiger partial charge in [-0.3, -0.25) is 20.2 Å². The predicted octanol–water partition coefficient (Wildman–Crippen LogP) is 0.545. The summed E-state index contributed by atoms with van der Waals surface area (Å²) in [5.41, 5.74) is 1.91. The van der Waals surface area contributed by atoms with Gasteiger partial charge in [-0.2, -0.15) is 0 Å². The predicted molar refractivity (Wildman–Crippen MR) is 63.3 cm³/mol. The van der Waals surface area contributed by atoms with Crippen molar-refractivity contribution in [2.75, 3.05) is 0 Å². The summed E-state index contributed by atoms with van der Waals surface area (Å²) in [5.74, 6) is -1.54. The third-order valence-corrected chi connectivity index (χ3v) is 2.59. The van der Waals surface area contributed by atoms with E-state index in [4.69, 9.17) is 0 Å². The summed E-state index contributed by atoms with van der Waals surface area (Å²) in [6, 6.07) is 3.37. The van der Waals surface area contributed by atoms with E-state index in [1.165, 1.54) is 0 Å². The molecule has 0 spiro atoms. The Morgan fingerprint density at radius 3 is 2.11 bits per heavy atom. The van der Waals surface area contributed by atoms with Crippen molar-refractivity contribution in [1.82, 2.24) is 10.6 Å². The van der Waals surface area contributed by atoms with Gasteiger partial charge in [0.25, 0.3) is 0 Å². The molecule has 1 aliphatic heterocycles. The number of aliphatic imine (C=N–C) groups is 1. The maximum atomic E-state index is 13.4. The molecule has 2 N–H and O–H groups in total. The minimum atomic E-state index is -0.722. The van der Waals surface area contributed by atoms with Crippen molar-refractivity contribution in [2.45, 2.75) is 20.4 Å². The zero-order chi connectivity index (χ0) is 13.3. The Morgan fingerprint density at radius 1 is 1.11 bits per heavy atom. The standard InChI is InChI=1S/C12H12FN3O2/c1-6-3-8(4-7(2)9(6)13)5-14-12-15-10(17)11(18)16-12/h3-4H,5H2,1-2H3,(H2,14,15,16,17,18). The molecule has 0 unspecified atom stereocenters. The Bertz CT molecular complexity index is 525. The maximum absolute atomic E-state index is 13.4. The minimum absolute atomic E-state index is 0.129. The lowest BCUT2D eigenvalue weighted by Crippen LogP contribution is -2.25. The summed E-state index contributed by atoms with van der Waals surface area (Å²) in [6.45, 7) is 3.62. The van der Waals surface area contributed by atoms with Crippen molar-refractivity contribution >= 4 is 17.8 Å².